The maximum atomic E-state index is 5.49. The summed E-state index contributed by atoms with van der Waals surface area (Å²) in [5, 5.41) is 1.07. The van der Waals surface area contributed by atoms with Gasteiger partial charge in [0, 0.05) is 6.20 Å². The largest absolute Gasteiger partial charge is 0.344 e. The molecule has 0 saturated heterocycles. The van der Waals surface area contributed by atoms with Gasteiger partial charge in [0.15, 0.2) is 0 Å². The van der Waals surface area contributed by atoms with Crippen LogP contribution in [0.5, 0.6) is 0 Å². The van der Waals surface area contributed by atoms with Crippen molar-refractivity contribution in [3.8, 4) is 0 Å². The topological polar surface area (TPSA) is 47.9 Å². The second-order valence-electron chi connectivity index (χ2n) is 1.30. The lowest BCUT2D eigenvalue weighted by Gasteiger charge is -1.85. The zero-order chi connectivity index (χ0) is 5.98. The lowest BCUT2D eigenvalue weighted by molar-refractivity contribution is 1.33. The first-order valence-electron chi connectivity index (χ1n) is 2.06. The molecule has 2 nitrogen and oxygen atoms in total. The van der Waals surface area contributed by atoms with Gasteiger partial charge in [-0.2, -0.15) is 0 Å². The standard InChI is InChI=1S/C5H3Cl2N.H3N/c6-4-1-2-5(7)8-3-4;/h1-3H;1H3. The molecule has 0 saturated carbocycles. The van der Waals surface area contributed by atoms with Crippen LogP contribution in [0.25, 0.3) is 0 Å². The molecule has 0 aliphatic heterocycles. The highest BCUT2D eigenvalue weighted by Gasteiger charge is 1.85. The van der Waals surface area contributed by atoms with Crippen LogP contribution in [0.3, 0.4) is 0 Å². The molecule has 0 spiro atoms. The van der Waals surface area contributed by atoms with Gasteiger partial charge in [-0.1, -0.05) is 23.2 Å². The predicted molar refractivity (Wildman–Crippen MR) is 39.3 cm³/mol. The third kappa shape index (κ3) is 2.65. The summed E-state index contributed by atoms with van der Waals surface area (Å²) in [6.07, 6.45) is 1.50. The van der Waals surface area contributed by atoms with Crippen molar-refractivity contribution in [2.45, 2.75) is 0 Å². The van der Waals surface area contributed by atoms with Gasteiger partial charge < -0.3 is 6.15 Å². The molecule has 0 fully saturated rings. The number of rotatable bonds is 0. The number of aromatic nitrogens is 1. The van der Waals surface area contributed by atoms with E-state index in [1.165, 1.54) is 6.20 Å². The van der Waals surface area contributed by atoms with E-state index >= 15 is 0 Å². The van der Waals surface area contributed by atoms with Gasteiger partial charge in [-0.25, -0.2) is 4.98 Å². The molecule has 0 aliphatic rings. The Morgan fingerprint density at radius 3 is 2.22 bits per heavy atom. The number of halogens is 2. The quantitative estimate of drug-likeness (QED) is 0.600. The average molecular weight is 165 g/mol. The van der Waals surface area contributed by atoms with Gasteiger partial charge in [0.2, 0.25) is 0 Å². The van der Waals surface area contributed by atoms with Gasteiger partial charge in [0.05, 0.1) is 5.02 Å². The van der Waals surface area contributed by atoms with Gasteiger partial charge >= 0.3 is 0 Å². The van der Waals surface area contributed by atoms with Crippen molar-refractivity contribution in [2.75, 3.05) is 0 Å². The maximum absolute atomic E-state index is 5.49. The van der Waals surface area contributed by atoms with Crippen molar-refractivity contribution in [1.82, 2.24) is 11.1 Å². The lowest BCUT2D eigenvalue weighted by atomic mass is 10.5. The number of hydrogen-bond donors (Lipinski definition) is 1. The Morgan fingerprint density at radius 1 is 1.22 bits per heavy atom. The molecule has 0 radical (unpaired) electrons. The van der Waals surface area contributed by atoms with Crippen LogP contribution in [-0.4, -0.2) is 4.98 Å². The fraction of sp³-hybridized carbons (Fsp3) is 0. The summed E-state index contributed by atoms with van der Waals surface area (Å²) in [5.74, 6) is 0. The van der Waals surface area contributed by atoms with Crippen LogP contribution in [0.4, 0.5) is 0 Å². The van der Waals surface area contributed by atoms with Gasteiger partial charge in [-0.05, 0) is 12.1 Å². The molecule has 0 atom stereocenters. The second kappa shape index (κ2) is 3.67. The Kier molecular flexibility index (Phi) is 3.54. The van der Waals surface area contributed by atoms with Crippen LogP contribution in [-0.2, 0) is 0 Å². The normalized spacial score (nSPS) is 8.22. The molecule has 0 amide bonds. The Bertz CT molecular complexity index is 152. The summed E-state index contributed by atoms with van der Waals surface area (Å²) in [6.45, 7) is 0. The van der Waals surface area contributed by atoms with Crippen LogP contribution >= 0.6 is 23.2 Å². The summed E-state index contributed by atoms with van der Waals surface area (Å²) < 4.78 is 0. The summed E-state index contributed by atoms with van der Waals surface area (Å²) in [5.41, 5.74) is 0. The molecule has 9 heavy (non-hydrogen) atoms. The van der Waals surface area contributed by atoms with Crippen molar-refractivity contribution in [1.29, 1.82) is 0 Å². The van der Waals surface area contributed by atoms with E-state index in [2.05, 4.69) is 4.98 Å². The minimum atomic E-state index is 0. The van der Waals surface area contributed by atoms with Crippen LogP contribution in [0, 0.1) is 0 Å². The maximum Gasteiger partial charge on any atom is 0.129 e. The van der Waals surface area contributed by atoms with E-state index in [-0.39, 0.29) is 6.15 Å². The number of pyridine rings is 1. The van der Waals surface area contributed by atoms with E-state index in [0.717, 1.165) is 0 Å². The molecule has 4 heteroatoms. The minimum Gasteiger partial charge on any atom is -0.344 e. The monoisotopic (exact) mass is 164 g/mol. The highest BCUT2D eigenvalue weighted by atomic mass is 35.5. The summed E-state index contributed by atoms with van der Waals surface area (Å²) in [7, 11) is 0. The van der Waals surface area contributed by atoms with Gasteiger partial charge in [0.25, 0.3) is 0 Å². The highest BCUT2D eigenvalue weighted by molar-refractivity contribution is 6.31. The SMILES string of the molecule is Clc1ccc(Cl)nc1.N. The van der Waals surface area contributed by atoms with Crippen molar-refractivity contribution in [3.63, 3.8) is 0 Å². The van der Waals surface area contributed by atoms with Crippen LogP contribution < -0.4 is 6.15 Å². The lowest BCUT2D eigenvalue weighted by Crippen LogP contribution is -1.69. The fourth-order valence-corrected chi connectivity index (χ4v) is 0.581. The summed E-state index contributed by atoms with van der Waals surface area (Å²) >= 11 is 10.9. The van der Waals surface area contributed by atoms with Gasteiger partial charge in [-0.15, -0.1) is 0 Å². The molecule has 50 valence electrons. The molecular formula is C5H6Cl2N2. The number of hydrogen-bond acceptors (Lipinski definition) is 2. The molecule has 1 heterocycles. The van der Waals surface area contributed by atoms with Crippen molar-refractivity contribution in [3.05, 3.63) is 28.5 Å². The minimum absolute atomic E-state index is 0. The van der Waals surface area contributed by atoms with Crippen molar-refractivity contribution in [2.24, 2.45) is 0 Å². The van der Waals surface area contributed by atoms with Gasteiger partial charge in [-0.3, -0.25) is 0 Å². The van der Waals surface area contributed by atoms with Crippen LogP contribution in [0.1, 0.15) is 0 Å². The smallest absolute Gasteiger partial charge is 0.129 e. The Labute approximate surface area is 63.4 Å². The van der Waals surface area contributed by atoms with E-state index in [0.29, 0.717) is 10.2 Å². The van der Waals surface area contributed by atoms with Crippen LogP contribution in [0.15, 0.2) is 18.3 Å². The third-order valence-corrected chi connectivity index (χ3v) is 1.14. The molecule has 0 bridgehead atoms. The van der Waals surface area contributed by atoms with Gasteiger partial charge in [0.1, 0.15) is 5.15 Å². The first kappa shape index (κ1) is 8.69. The number of nitrogens with zero attached hydrogens (tertiary/aromatic N) is 1. The first-order valence-corrected chi connectivity index (χ1v) is 2.82. The molecule has 1 aromatic rings. The van der Waals surface area contributed by atoms with E-state index in [4.69, 9.17) is 23.2 Å². The molecule has 0 aromatic carbocycles. The van der Waals surface area contributed by atoms with Crippen LogP contribution in [0.2, 0.25) is 10.2 Å². The second-order valence-corrected chi connectivity index (χ2v) is 2.12. The van der Waals surface area contributed by atoms with E-state index in [1.54, 1.807) is 12.1 Å². The van der Waals surface area contributed by atoms with E-state index in [1.807, 2.05) is 0 Å². The average Bonchev–Trinajstić information content (AvgIpc) is 1.77. The molecule has 3 N–H and O–H groups in total. The summed E-state index contributed by atoms with van der Waals surface area (Å²) in [4.78, 5) is 3.71. The third-order valence-electron chi connectivity index (χ3n) is 0.691. The Balaban J connectivity index is 0.000000640. The highest BCUT2D eigenvalue weighted by Crippen LogP contribution is 2.08. The first-order chi connectivity index (χ1) is 3.79. The zero-order valence-corrected chi connectivity index (χ0v) is 6.15. The fourth-order valence-electron chi connectivity index (χ4n) is 0.358. The Hall–Kier alpha value is -0.310. The van der Waals surface area contributed by atoms with E-state index in [9.17, 15) is 0 Å². The zero-order valence-electron chi connectivity index (χ0n) is 4.64. The molecule has 1 rings (SSSR count). The van der Waals surface area contributed by atoms with E-state index < -0.39 is 0 Å². The van der Waals surface area contributed by atoms with Crippen molar-refractivity contribution < 1.29 is 0 Å². The molecule has 0 unspecified atom stereocenters. The molecule has 0 aliphatic carbocycles. The Morgan fingerprint density at radius 2 is 1.89 bits per heavy atom. The molecular weight excluding hydrogens is 159 g/mol. The summed E-state index contributed by atoms with van der Waals surface area (Å²) in [6, 6.07) is 3.33. The van der Waals surface area contributed by atoms with Crippen molar-refractivity contribution >= 4 is 23.2 Å². The predicted octanol–water partition coefficient (Wildman–Crippen LogP) is 2.55. The molecule has 1 aromatic heterocycles.